The highest BCUT2D eigenvalue weighted by Gasteiger charge is 2.25. The fourth-order valence-corrected chi connectivity index (χ4v) is 1.52. The minimum Gasteiger partial charge on any atom is -0.481 e. The van der Waals surface area contributed by atoms with Crippen LogP contribution in [0.1, 0.15) is 16.8 Å². The molecule has 1 atom stereocenters. The van der Waals surface area contributed by atoms with Gasteiger partial charge in [0.2, 0.25) is 5.91 Å². The van der Waals surface area contributed by atoms with Gasteiger partial charge in [-0.05, 0) is 12.1 Å². The standard InChI is InChI=1S/C11H11N3O7/c12-10(17)5-1-2-6(8(3-5)14(20)21)13-7(11(18)19)4-9(15)16/h1-3,7,13H,4H2,(H2,12,17)(H,15,16)(H,18,19). The lowest BCUT2D eigenvalue weighted by Crippen LogP contribution is -2.32. The summed E-state index contributed by atoms with van der Waals surface area (Å²) >= 11 is 0. The Bertz CT molecular complexity index is 614. The number of nitro benzene ring substituents is 1. The highest BCUT2D eigenvalue weighted by molar-refractivity contribution is 5.94. The molecular formula is C11H11N3O7. The van der Waals surface area contributed by atoms with Crippen molar-refractivity contribution in [3.63, 3.8) is 0 Å². The third-order valence-corrected chi connectivity index (χ3v) is 2.49. The van der Waals surface area contributed by atoms with Crippen LogP contribution in [0.3, 0.4) is 0 Å². The Hall–Kier alpha value is -3.17. The number of amides is 1. The zero-order valence-electron chi connectivity index (χ0n) is 10.5. The maximum absolute atomic E-state index is 11.0. The van der Waals surface area contributed by atoms with Crippen molar-refractivity contribution < 1.29 is 29.5 Å². The molecule has 0 spiro atoms. The van der Waals surface area contributed by atoms with E-state index < -0.39 is 40.9 Å². The van der Waals surface area contributed by atoms with Crippen molar-refractivity contribution in [2.45, 2.75) is 12.5 Å². The van der Waals surface area contributed by atoms with Crippen LogP contribution in [0.25, 0.3) is 0 Å². The van der Waals surface area contributed by atoms with Crippen LogP contribution in [0.2, 0.25) is 0 Å². The molecule has 21 heavy (non-hydrogen) atoms. The van der Waals surface area contributed by atoms with Gasteiger partial charge in [0.05, 0.1) is 11.3 Å². The Balaban J connectivity index is 3.16. The number of nitrogens with zero attached hydrogens (tertiary/aromatic N) is 1. The Kier molecular flexibility index (Phi) is 4.78. The SMILES string of the molecule is NC(=O)c1ccc(NC(CC(=O)O)C(=O)O)c([N+](=O)[O-])c1. The number of benzene rings is 1. The molecule has 0 saturated carbocycles. The van der Waals surface area contributed by atoms with Crippen LogP contribution in [-0.4, -0.2) is 39.0 Å². The quantitative estimate of drug-likeness (QED) is 0.403. The van der Waals surface area contributed by atoms with Crippen molar-refractivity contribution >= 4 is 29.2 Å². The lowest BCUT2D eigenvalue weighted by molar-refractivity contribution is -0.384. The van der Waals surface area contributed by atoms with Gasteiger partial charge in [-0.15, -0.1) is 0 Å². The summed E-state index contributed by atoms with van der Waals surface area (Å²) in [5, 5.41) is 30.7. The summed E-state index contributed by atoms with van der Waals surface area (Å²) in [6.45, 7) is 0. The molecule has 1 aromatic rings. The molecule has 112 valence electrons. The molecule has 0 heterocycles. The number of anilines is 1. The molecule has 5 N–H and O–H groups in total. The molecule has 0 aliphatic rings. The number of hydrogen-bond acceptors (Lipinski definition) is 6. The number of nitrogens with two attached hydrogens (primary N) is 1. The highest BCUT2D eigenvalue weighted by Crippen LogP contribution is 2.26. The Morgan fingerprint density at radius 3 is 2.38 bits per heavy atom. The molecule has 0 aliphatic heterocycles. The average Bonchev–Trinajstić information content (AvgIpc) is 2.37. The monoisotopic (exact) mass is 297 g/mol. The lowest BCUT2D eigenvalue weighted by Gasteiger charge is -2.14. The molecular weight excluding hydrogens is 286 g/mol. The molecule has 0 radical (unpaired) electrons. The van der Waals surface area contributed by atoms with Gasteiger partial charge in [0.15, 0.2) is 0 Å². The summed E-state index contributed by atoms with van der Waals surface area (Å²) in [5.41, 5.74) is 4.06. The molecule has 0 bridgehead atoms. The molecule has 1 amide bonds. The summed E-state index contributed by atoms with van der Waals surface area (Å²) in [6, 6.07) is 1.58. The van der Waals surface area contributed by atoms with E-state index in [1.165, 1.54) is 0 Å². The van der Waals surface area contributed by atoms with E-state index in [1.807, 2.05) is 0 Å². The molecule has 1 unspecified atom stereocenters. The summed E-state index contributed by atoms with van der Waals surface area (Å²) < 4.78 is 0. The number of primary amides is 1. The summed E-state index contributed by atoms with van der Waals surface area (Å²) in [4.78, 5) is 42.5. The third kappa shape index (κ3) is 4.16. The minimum absolute atomic E-state index is 0.127. The van der Waals surface area contributed by atoms with Crippen molar-refractivity contribution in [1.82, 2.24) is 0 Å². The number of carboxylic acid groups (broad SMARTS) is 2. The van der Waals surface area contributed by atoms with Crippen LogP contribution in [0, 0.1) is 10.1 Å². The van der Waals surface area contributed by atoms with Crippen molar-refractivity contribution in [2.75, 3.05) is 5.32 Å². The second-order valence-corrected chi connectivity index (χ2v) is 3.99. The van der Waals surface area contributed by atoms with E-state index in [9.17, 15) is 24.5 Å². The zero-order valence-corrected chi connectivity index (χ0v) is 10.5. The van der Waals surface area contributed by atoms with Gasteiger partial charge in [-0.1, -0.05) is 0 Å². The first-order chi connectivity index (χ1) is 9.72. The second kappa shape index (κ2) is 6.32. The van der Waals surface area contributed by atoms with E-state index in [0.29, 0.717) is 0 Å². The number of hydrogen-bond donors (Lipinski definition) is 4. The number of carbonyl (C=O) groups excluding carboxylic acids is 1. The van der Waals surface area contributed by atoms with Crippen molar-refractivity contribution in [3.8, 4) is 0 Å². The van der Waals surface area contributed by atoms with Crippen LogP contribution in [-0.2, 0) is 9.59 Å². The fourth-order valence-electron chi connectivity index (χ4n) is 1.52. The van der Waals surface area contributed by atoms with Gasteiger partial charge in [-0.3, -0.25) is 19.7 Å². The van der Waals surface area contributed by atoms with Crippen LogP contribution in [0.15, 0.2) is 18.2 Å². The van der Waals surface area contributed by atoms with Gasteiger partial charge >= 0.3 is 11.9 Å². The largest absolute Gasteiger partial charge is 0.481 e. The maximum Gasteiger partial charge on any atom is 0.326 e. The molecule has 0 aromatic heterocycles. The number of carbonyl (C=O) groups is 3. The van der Waals surface area contributed by atoms with E-state index >= 15 is 0 Å². The first-order valence-electron chi connectivity index (χ1n) is 5.51. The smallest absolute Gasteiger partial charge is 0.326 e. The van der Waals surface area contributed by atoms with E-state index in [-0.39, 0.29) is 11.3 Å². The van der Waals surface area contributed by atoms with E-state index in [4.69, 9.17) is 15.9 Å². The maximum atomic E-state index is 11.0. The number of carboxylic acids is 2. The van der Waals surface area contributed by atoms with Gasteiger partial charge < -0.3 is 21.3 Å². The first kappa shape index (κ1) is 15.9. The molecule has 1 rings (SSSR count). The minimum atomic E-state index is -1.55. The molecule has 0 fully saturated rings. The zero-order chi connectivity index (χ0) is 16.2. The molecule has 10 nitrogen and oxygen atoms in total. The van der Waals surface area contributed by atoms with E-state index in [2.05, 4.69) is 5.32 Å². The molecule has 0 aliphatic carbocycles. The number of rotatable bonds is 7. The predicted octanol–water partition coefficient (Wildman–Crippen LogP) is 0.0335. The third-order valence-electron chi connectivity index (χ3n) is 2.49. The normalized spacial score (nSPS) is 11.4. The summed E-state index contributed by atoms with van der Waals surface area (Å²) in [7, 11) is 0. The van der Waals surface area contributed by atoms with Crippen LogP contribution < -0.4 is 11.1 Å². The van der Waals surface area contributed by atoms with Gasteiger partial charge in [-0.2, -0.15) is 0 Å². The highest BCUT2D eigenvalue weighted by atomic mass is 16.6. The average molecular weight is 297 g/mol. The van der Waals surface area contributed by atoms with Gasteiger partial charge in [0.1, 0.15) is 11.7 Å². The van der Waals surface area contributed by atoms with Crippen molar-refractivity contribution in [1.29, 1.82) is 0 Å². The number of nitrogens with one attached hydrogen (secondary N) is 1. The van der Waals surface area contributed by atoms with E-state index in [1.54, 1.807) is 0 Å². The van der Waals surface area contributed by atoms with E-state index in [0.717, 1.165) is 18.2 Å². The molecule has 10 heteroatoms. The van der Waals surface area contributed by atoms with Gasteiger partial charge in [-0.25, -0.2) is 4.79 Å². The Morgan fingerprint density at radius 1 is 1.33 bits per heavy atom. The van der Waals surface area contributed by atoms with Crippen LogP contribution >= 0.6 is 0 Å². The topological polar surface area (TPSA) is 173 Å². The van der Waals surface area contributed by atoms with Crippen molar-refractivity contribution in [2.24, 2.45) is 5.73 Å². The Morgan fingerprint density at radius 2 is 1.95 bits per heavy atom. The molecule has 1 aromatic carbocycles. The molecule has 0 saturated heterocycles. The lowest BCUT2D eigenvalue weighted by atomic mass is 10.1. The second-order valence-electron chi connectivity index (χ2n) is 3.99. The Labute approximate surface area is 117 Å². The van der Waals surface area contributed by atoms with Crippen molar-refractivity contribution in [3.05, 3.63) is 33.9 Å². The first-order valence-corrected chi connectivity index (χ1v) is 5.51. The van der Waals surface area contributed by atoms with Crippen LogP contribution in [0.4, 0.5) is 11.4 Å². The predicted molar refractivity (Wildman–Crippen MR) is 68.9 cm³/mol. The number of aliphatic carboxylic acids is 2. The van der Waals surface area contributed by atoms with Gasteiger partial charge in [0.25, 0.3) is 5.69 Å². The van der Waals surface area contributed by atoms with Crippen LogP contribution in [0.5, 0.6) is 0 Å². The van der Waals surface area contributed by atoms with Gasteiger partial charge in [0, 0.05) is 11.6 Å². The summed E-state index contributed by atoms with van der Waals surface area (Å²) in [5.74, 6) is -3.75. The summed E-state index contributed by atoms with van der Waals surface area (Å²) in [6.07, 6.45) is -0.774. The fraction of sp³-hybridized carbons (Fsp3) is 0.182. The number of nitro groups is 1.